The molecule has 112 valence electrons. The highest BCUT2D eigenvalue weighted by Crippen LogP contribution is 2.47. The van der Waals surface area contributed by atoms with Crippen molar-refractivity contribution in [3.63, 3.8) is 0 Å². The number of rotatable bonds is 2. The van der Waals surface area contributed by atoms with Gasteiger partial charge in [0.1, 0.15) is 0 Å². The number of sulfonamides is 1. The molecule has 1 spiro atoms. The first kappa shape index (κ1) is 14.8. The van der Waals surface area contributed by atoms with Crippen molar-refractivity contribution in [1.82, 2.24) is 9.29 Å². The molecule has 1 aliphatic heterocycles. The van der Waals surface area contributed by atoms with Crippen LogP contribution in [0.15, 0.2) is 4.21 Å². The van der Waals surface area contributed by atoms with E-state index in [0.717, 1.165) is 24.2 Å². The lowest BCUT2D eigenvalue weighted by Crippen LogP contribution is -2.42. The van der Waals surface area contributed by atoms with Gasteiger partial charge in [0.25, 0.3) is 10.0 Å². The molecule has 2 heterocycles. The Hall–Kier alpha value is -0.170. The van der Waals surface area contributed by atoms with Gasteiger partial charge < -0.3 is 0 Å². The van der Waals surface area contributed by atoms with Gasteiger partial charge in [0.15, 0.2) is 8.68 Å². The molecule has 2 fully saturated rings. The average Bonchev–Trinajstić information content (AvgIpc) is 2.97. The molecule has 0 atom stereocenters. The summed E-state index contributed by atoms with van der Waals surface area (Å²) >= 11 is 6.90. The van der Waals surface area contributed by atoms with Gasteiger partial charge in [-0.1, -0.05) is 35.8 Å². The molecule has 1 aromatic rings. The lowest BCUT2D eigenvalue weighted by molar-refractivity contribution is 0.160. The Bertz CT molecular complexity index is 596. The van der Waals surface area contributed by atoms with Crippen LogP contribution in [0.25, 0.3) is 0 Å². The zero-order valence-corrected chi connectivity index (χ0v) is 14.0. The lowest BCUT2D eigenvalue weighted by Gasteiger charge is -2.38. The monoisotopic (exact) mass is 334 g/mol. The maximum atomic E-state index is 12.7. The fourth-order valence-electron chi connectivity index (χ4n) is 3.53. The fourth-order valence-corrected chi connectivity index (χ4v) is 6.85. The van der Waals surface area contributed by atoms with Gasteiger partial charge in [-0.05, 0) is 38.0 Å². The van der Waals surface area contributed by atoms with E-state index in [1.807, 2.05) is 0 Å². The van der Waals surface area contributed by atoms with Crippen LogP contribution >= 0.6 is 22.9 Å². The van der Waals surface area contributed by atoms with Gasteiger partial charge in [-0.2, -0.15) is 4.31 Å². The molecule has 0 aromatic carbocycles. The quantitative estimate of drug-likeness (QED) is 0.832. The Morgan fingerprint density at radius 2 is 1.80 bits per heavy atom. The van der Waals surface area contributed by atoms with Crippen molar-refractivity contribution >= 4 is 33.0 Å². The summed E-state index contributed by atoms with van der Waals surface area (Å²) in [6, 6.07) is 0. The predicted molar refractivity (Wildman–Crippen MR) is 80.8 cm³/mol. The van der Waals surface area contributed by atoms with E-state index in [-0.39, 0.29) is 0 Å². The van der Waals surface area contributed by atoms with Gasteiger partial charge in [-0.15, -0.1) is 0 Å². The zero-order chi connectivity index (χ0) is 14.4. The first-order chi connectivity index (χ1) is 9.43. The minimum Gasteiger partial charge on any atom is -0.229 e. The number of nitrogens with zero attached hydrogens (tertiary/aromatic N) is 2. The minimum absolute atomic E-state index is 0.297. The highest BCUT2D eigenvalue weighted by atomic mass is 35.5. The van der Waals surface area contributed by atoms with Crippen molar-refractivity contribution in [1.29, 1.82) is 0 Å². The Morgan fingerprint density at radius 1 is 1.20 bits per heavy atom. The van der Waals surface area contributed by atoms with Crippen molar-refractivity contribution in [3.8, 4) is 0 Å². The van der Waals surface area contributed by atoms with Gasteiger partial charge in [-0.25, -0.2) is 13.4 Å². The van der Waals surface area contributed by atoms with Crippen molar-refractivity contribution in [2.75, 3.05) is 13.1 Å². The van der Waals surface area contributed by atoms with Gasteiger partial charge >= 0.3 is 0 Å². The number of aryl methyl sites for hydroxylation is 1. The van der Waals surface area contributed by atoms with Crippen LogP contribution in [0.2, 0.25) is 4.47 Å². The molecule has 1 aromatic heterocycles. The largest absolute Gasteiger partial charge is 0.254 e. The Morgan fingerprint density at radius 3 is 2.30 bits per heavy atom. The third kappa shape index (κ3) is 2.51. The standard InChI is InChI=1S/C13H19ClN2O2S2/c1-10-11(19-12(14)15-10)20(17,18)16-8-6-13(7-9-16)4-2-3-5-13/h2-9H2,1H3. The number of piperidine rings is 1. The number of thiazole rings is 1. The van der Waals surface area contributed by atoms with E-state index in [4.69, 9.17) is 11.6 Å². The van der Waals surface area contributed by atoms with E-state index >= 15 is 0 Å². The summed E-state index contributed by atoms with van der Waals surface area (Å²) in [5.74, 6) is 0. The summed E-state index contributed by atoms with van der Waals surface area (Å²) in [5, 5.41) is 0. The number of halogens is 1. The van der Waals surface area contributed by atoms with Crippen LogP contribution in [0.4, 0.5) is 0 Å². The summed E-state index contributed by atoms with van der Waals surface area (Å²) in [6.07, 6.45) is 7.14. The molecular weight excluding hydrogens is 316 g/mol. The Balaban J connectivity index is 1.78. The fraction of sp³-hybridized carbons (Fsp3) is 0.769. The molecule has 0 bridgehead atoms. The number of aromatic nitrogens is 1. The molecule has 1 aliphatic carbocycles. The van der Waals surface area contributed by atoms with E-state index in [2.05, 4.69) is 4.98 Å². The van der Waals surface area contributed by atoms with E-state index in [0.29, 0.717) is 32.9 Å². The van der Waals surface area contributed by atoms with Crippen LogP contribution in [0.5, 0.6) is 0 Å². The first-order valence-electron chi connectivity index (χ1n) is 7.06. The van der Waals surface area contributed by atoms with Crippen LogP contribution in [-0.2, 0) is 10.0 Å². The Labute approximate surface area is 129 Å². The first-order valence-corrected chi connectivity index (χ1v) is 9.70. The lowest BCUT2D eigenvalue weighted by atomic mass is 9.78. The highest BCUT2D eigenvalue weighted by Gasteiger charge is 2.40. The third-order valence-electron chi connectivity index (χ3n) is 4.75. The Kier molecular flexibility index (Phi) is 3.86. The summed E-state index contributed by atoms with van der Waals surface area (Å²) in [4.78, 5) is 4.02. The van der Waals surface area contributed by atoms with Crippen molar-refractivity contribution in [2.24, 2.45) is 5.41 Å². The van der Waals surface area contributed by atoms with Crippen molar-refractivity contribution < 1.29 is 8.42 Å². The van der Waals surface area contributed by atoms with Crippen LogP contribution < -0.4 is 0 Å². The predicted octanol–water partition coefficient (Wildman–Crippen LogP) is 3.45. The maximum absolute atomic E-state index is 12.7. The van der Waals surface area contributed by atoms with Gasteiger partial charge in [-0.3, -0.25) is 0 Å². The molecule has 0 unspecified atom stereocenters. The smallest absolute Gasteiger partial charge is 0.229 e. The molecular formula is C13H19ClN2O2S2. The van der Waals surface area contributed by atoms with E-state index in [9.17, 15) is 8.42 Å². The molecule has 2 aliphatic rings. The summed E-state index contributed by atoms with van der Waals surface area (Å²) in [6.45, 7) is 2.98. The highest BCUT2D eigenvalue weighted by molar-refractivity contribution is 7.91. The second-order valence-electron chi connectivity index (χ2n) is 5.95. The number of hydrogen-bond acceptors (Lipinski definition) is 4. The van der Waals surface area contributed by atoms with Gasteiger partial charge in [0.2, 0.25) is 0 Å². The second kappa shape index (κ2) is 5.23. The second-order valence-corrected chi connectivity index (χ2v) is 9.67. The molecule has 0 amide bonds. The molecule has 0 radical (unpaired) electrons. The van der Waals surface area contributed by atoms with Crippen molar-refractivity contribution in [2.45, 2.75) is 49.7 Å². The van der Waals surface area contributed by atoms with Crippen LogP contribution in [-0.4, -0.2) is 30.8 Å². The molecule has 20 heavy (non-hydrogen) atoms. The number of hydrogen-bond donors (Lipinski definition) is 0. The zero-order valence-electron chi connectivity index (χ0n) is 11.6. The minimum atomic E-state index is -3.41. The normalized spacial score (nSPS) is 23.5. The van der Waals surface area contributed by atoms with Gasteiger partial charge in [0, 0.05) is 13.1 Å². The van der Waals surface area contributed by atoms with Crippen LogP contribution in [0, 0.1) is 12.3 Å². The summed E-state index contributed by atoms with van der Waals surface area (Å²) in [7, 11) is -3.41. The topological polar surface area (TPSA) is 50.3 Å². The summed E-state index contributed by atoms with van der Waals surface area (Å²) < 4.78 is 27.5. The molecule has 0 N–H and O–H groups in total. The molecule has 1 saturated carbocycles. The average molecular weight is 335 g/mol. The SMILES string of the molecule is Cc1nc(Cl)sc1S(=O)(=O)N1CCC2(CCCC2)CC1. The third-order valence-corrected chi connectivity index (χ3v) is 8.50. The van der Waals surface area contributed by atoms with Crippen LogP contribution in [0.1, 0.15) is 44.2 Å². The van der Waals surface area contributed by atoms with Crippen molar-refractivity contribution in [3.05, 3.63) is 10.2 Å². The van der Waals surface area contributed by atoms with E-state index in [1.54, 1.807) is 11.2 Å². The molecule has 7 heteroatoms. The van der Waals surface area contributed by atoms with E-state index < -0.39 is 10.0 Å². The van der Waals surface area contributed by atoms with E-state index in [1.165, 1.54) is 25.7 Å². The van der Waals surface area contributed by atoms with Gasteiger partial charge in [0.05, 0.1) is 5.69 Å². The maximum Gasteiger partial charge on any atom is 0.254 e. The summed E-state index contributed by atoms with van der Waals surface area (Å²) in [5.41, 5.74) is 0.938. The molecule has 1 saturated heterocycles. The molecule has 4 nitrogen and oxygen atoms in total. The molecule has 3 rings (SSSR count). The van der Waals surface area contributed by atoms with Crippen LogP contribution in [0.3, 0.4) is 0 Å².